The second-order valence-corrected chi connectivity index (χ2v) is 8.64. The van der Waals surface area contributed by atoms with Gasteiger partial charge in [0.25, 0.3) is 0 Å². The average Bonchev–Trinajstić information content (AvgIpc) is 2.62. The maximum Gasteiger partial charge on any atom is 0.233 e. The summed E-state index contributed by atoms with van der Waals surface area (Å²) < 4.78 is 0. The number of carbonyl (C=O) groups excluding carboxylic acids is 3. The van der Waals surface area contributed by atoms with E-state index in [1.54, 1.807) is 0 Å². The zero-order valence-corrected chi connectivity index (χ0v) is 17.3. The van der Waals surface area contributed by atoms with Gasteiger partial charge >= 0.3 is 0 Å². The van der Waals surface area contributed by atoms with E-state index in [1.165, 1.54) is 18.7 Å². The average molecular weight is 392 g/mol. The number of piperidine rings is 1. The first-order valence-electron chi connectivity index (χ1n) is 9.39. The topological polar surface area (TPSA) is 78.5 Å². The summed E-state index contributed by atoms with van der Waals surface area (Å²) in [6, 6.07) is 7.58. The zero-order valence-electron chi connectivity index (χ0n) is 16.5. The maximum atomic E-state index is 12.5. The number of carbonyl (C=O) groups is 3. The molecule has 1 unspecified atom stereocenters. The van der Waals surface area contributed by atoms with Crippen molar-refractivity contribution in [1.29, 1.82) is 0 Å². The van der Waals surface area contributed by atoms with E-state index >= 15 is 0 Å². The zero-order chi connectivity index (χ0) is 20.0. The van der Waals surface area contributed by atoms with Gasteiger partial charge in [-0.2, -0.15) is 0 Å². The highest BCUT2D eigenvalue weighted by Gasteiger charge is 2.26. The van der Waals surface area contributed by atoms with Crippen LogP contribution in [0.3, 0.4) is 0 Å². The Morgan fingerprint density at radius 3 is 2.19 bits per heavy atom. The number of likely N-dealkylation sites (tertiary alicyclic amines) is 1. The molecule has 1 aliphatic rings. The monoisotopic (exact) mass is 391 g/mol. The highest BCUT2D eigenvalue weighted by Crippen LogP contribution is 2.25. The van der Waals surface area contributed by atoms with Crippen LogP contribution in [-0.2, 0) is 14.4 Å². The van der Waals surface area contributed by atoms with Crippen LogP contribution in [0.2, 0.25) is 0 Å². The predicted molar refractivity (Wildman–Crippen MR) is 109 cm³/mol. The molecule has 0 aliphatic carbocycles. The molecule has 1 saturated heterocycles. The molecule has 6 nitrogen and oxygen atoms in total. The third-order valence-electron chi connectivity index (χ3n) is 4.50. The molecule has 0 bridgehead atoms. The molecule has 3 amide bonds. The van der Waals surface area contributed by atoms with Crippen LogP contribution in [0.15, 0.2) is 29.2 Å². The SMILES string of the molecule is CC(=O)Nc1ccc(SC(C)C(=O)NC2CCN(C(=O)C(C)C)CC2)cc1. The molecule has 148 valence electrons. The molecule has 27 heavy (non-hydrogen) atoms. The van der Waals surface area contributed by atoms with Gasteiger partial charge in [0.05, 0.1) is 5.25 Å². The predicted octanol–water partition coefficient (Wildman–Crippen LogP) is 2.89. The van der Waals surface area contributed by atoms with Crippen molar-refractivity contribution in [2.24, 2.45) is 5.92 Å². The highest BCUT2D eigenvalue weighted by molar-refractivity contribution is 8.00. The lowest BCUT2D eigenvalue weighted by Crippen LogP contribution is -2.48. The van der Waals surface area contributed by atoms with Crippen molar-refractivity contribution in [3.8, 4) is 0 Å². The van der Waals surface area contributed by atoms with E-state index in [1.807, 2.05) is 49.9 Å². The summed E-state index contributed by atoms with van der Waals surface area (Å²) in [4.78, 5) is 38.4. The van der Waals surface area contributed by atoms with E-state index in [9.17, 15) is 14.4 Å². The van der Waals surface area contributed by atoms with E-state index < -0.39 is 0 Å². The molecule has 0 aromatic heterocycles. The van der Waals surface area contributed by atoms with Crippen LogP contribution in [0.5, 0.6) is 0 Å². The van der Waals surface area contributed by atoms with Gasteiger partial charge in [0, 0.05) is 42.6 Å². The van der Waals surface area contributed by atoms with Gasteiger partial charge in [-0.15, -0.1) is 11.8 Å². The largest absolute Gasteiger partial charge is 0.352 e. The molecule has 7 heteroatoms. The third kappa shape index (κ3) is 6.57. The van der Waals surface area contributed by atoms with Gasteiger partial charge in [-0.1, -0.05) is 13.8 Å². The quantitative estimate of drug-likeness (QED) is 0.731. The number of anilines is 1. The van der Waals surface area contributed by atoms with Gasteiger partial charge < -0.3 is 15.5 Å². The molecule has 0 radical (unpaired) electrons. The van der Waals surface area contributed by atoms with E-state index in [2.05, 4.69) is 10.6 Å². The molecular formula is C20H29N3O3S. The second-order valence-electron chi connectivity index (χ2n) is 7.23. The molecular weight excluding hydrogens is 362 g/mol. The molecule has 2 N–H and O–H groups in total. The van der Waals surface area contributed by atoms with E-state index in [-0.39, 0.29) is 34.9 Å². The summed E-state index contributed by atoms with van der Waals surface area (Å²) in [6.07, 6.45) is 1.60. The summed E-state index contributed by atoms with van der Waals surface area (Å²) in [5.74, 6) is 0.111. The number of thioether (sulfide) groups is 1. The summed E-state index contributed by atoms with van der Waals surface area (Å²) in [5, 5.41) is 5.62. The molecule has 1 aromatic carbocycles. The lowest BCUT2D eigenvalue weighted by Gasteiger charge is -2.33. The van der Waals surface area contributed by atoms with Crippen molar-refractivity contribution in [3.05, 3.63) is 24.3 Å². The van der Waals surface area contributed by atoms with Gasteiger partial charge in [0.2, 0.25) is 17.7 Å². The fourth-order valence-electron chi connectivity index (χ4n) is 3.01. The van der Waals surface area contributed by atoms with Crippen molar-refractivity contribution in [1.82, 2.24) is 10.2 Å². The Labute approximate surface area is 165 Å². The number of nitrogens with zero attached hydrogens (tertiary/aromatic N) is 1. The van der Waals surface area contributed by atoms with Gasteiger partial charge in [-0.25, -0.2) is 0 Å². The second kappa shape index (κ2) is 9.78. The van der Waals surface area contributed by atoms with E-state index in [0.717, 1.165) is 23.4 Å². The fourth-order valence-corrected chi connectivity index (χ4v) is 3.88. The van der Waals surface area contributed by atoms with Crippen LogP contribution >= 0.6 is 11.8 Å². The fraction of sp³-hybridized carbons (Fsp3) is 0.550. The first-order valence-corrected chi connectivity index (χ1v) is 10.3. The number of amides is 3. The van der Waals surface area contributed by atoms with Crippen molar-refractivity contribution < 1.29 is 14.4 Å². The van der Waals surface area contributed by atoms with Gasteiger partial charge in [-0.05, 0) is 44.0 Å². The van der Waals surface area contributed by atoms with E-state index in [0.29, 0.717) is 13.1 Å². The Morgan fingerprint density at radius 2 is 1.67 bits per heavy atom. The van der Waals surface area contributed by atoms with Crippen LogP contribution in [0.1, 0.15) is 40.5 Å². The van der Waals surface area contributed by atoms with Crippen molar-refractivity contribution in [2.75, 3.05) is 18.4 Å². The summed E-state index contributed by atoms with van der Waals surface area (Å²) >= 11 is 1.49. The normalized spacial score (nSPS) is 16.1. The first-order chi connectivity index (χ1) is 12.8. The Balaban J connectivity index is 1.79. The smallest absolute Gasteiger partial charge is 0.233 e. The molecule has 0 saturated carbocycles. The molecule has 1 aliphatic heterocycles. The molecule has 1 aromatic rings. The molecule has 1 heterocycles. The van der Waals surface area contributed by atoms with Crippen LogP contribution in [-0.4, -0.2) is 47.0 Å². The van der Waals surface area contributed by atoms with Crippen molar-refractivity contribution in [3.63, 3.8) is 0 Å². The van der Waals surface area contributed by atoms with Gasteiger partial charge in [0.1, 0.15) is 0 Å². The van der Waals surface area contributed by atoms with E-state index in [4.69, 9.17) is 0 Å². The number of hydrogen-bond donors (Lipinski definition) is 2. The van der Waals surface area contributed by atoms with Crippen LogP contribution in [0.25, 0.3) is 0 Å². The summed E-state index contributed by atoms with van der Waals surface area (Å²) in [7, 11) is 0. The molecule has 2 rings (SSSR count). The Morgan fingerprint density at radius 1 is 1.07 bits per heavy atom. The highest BCUT2D eigenvalue weighted by atomic mass is 32.2. The summed E-state index contributed by atoms with van der Waals surface area (Å²) in [6.45, 7) is 8.59. The van der Waals surface area contributed by atoms with Crippen molar-refractivity contribution >= 4 is 35.2 Å². The minimum atomic E-state index is -0.216. The maximum absolute atomic E-state index is 12.5. The van der Waals surface area contributed by atoms with Gasteiger partial charge in [-0.3, -0.25) is 14.4 Å². The number of rotatable bonds is 6. The molecule has 1 atom stereocenters. The van der Waals surface area contributed by atoms with Gasteiger partial charge in [0.15, 0.2) is 0 Å². The summed E-state index contributed by atoms with van der Waals surface area (Å²) in [5.41, 5.74) is 0.742. The van der Waals surface area contributed by atoms with Crippen LogP contribution in [0.4, 0.5) is 5.69 Å². The number of benzene rings is 1. The van der Waals surface area contributed by atoms with Crippen LogP contribution in [0, 0.1) is 5.92 Å². The third-order valence-corrected chi connectivity index (χ3v) is 5.62. The number of hydrogen-bond acceptors (Lipinski definition) is 4. The standard InChI is InChI=1S/C20H29N3O3S/c1-13(2)20(26)23-11-9-17(10-12-23)22-19(25)14(3)27-18-7-5-16(6-8-18)21-15(4)24/h5-8,13-14,17H,9-12H2,1-4H3,(H,21,24)(H,22,25). The Bertz CT molecular complexity index is 668. The lowest BCUT2D eigenvalue weighted by molar-refractivity contribution is -0.135. The lowest BCUT2D eigenvalue weighted by atomic mass is 10.0. The minimum absolute atomic E-state index is 0.0135. The number of nitrogens with one attached hydrogen (secondary N) is 2. The Hall–Kier alpha value is -2.02. The first kappa shape index (κ1) is 21.3. The minimum Gasteiger partial charge on any atom is -0.352 e. The molecule has 0 spiro atoms. The van der Waals surface area contributed by atoms with Crippen molar-refractivity contribution in [2.45, 2.75) is 56.7 Å². The Kier molecular flexibility index (Phi) is 7.71. The van der Waals surface area contributed by atoms with Crippen LogP contribution < -0.4 is 10.6 Å². The molecule has 1 fully saturated rings.